The van der Waals surface area contributed by atoms with Crippen molar-refractivity contribution in [2.75, 3.05) is 13.9 Å². The van der Waals surface area contributed by atoms with Crippen LogP contribution >= 0.6 is 0 Å². The smallest absolute Gasteiger partial charge is 0.468 e. The molecular formula is C32H51BO4. The third-order valence-corrected chi connectivity index (χ3v) is 10.4. The maximum Gasteiger partial charge on any atom is 0.498 e. The number of rotatable bonds is 12. The average molecular weight is 511 g/mol. The van der Waals surface area contributed by atoms with Gasteiger partial charge in [-0.2, -0.15) is 0 Å². The molecule has 0 unspecified atom stereocenters. The summed E-state index contributed by atoms with van der Waals surface area (Å²) in [6.07, 6.45) is 17.3. The molecule has 1 aliphatic heterocycles. The summed E-state index contributed by atoms with van der Waals surface area (Å²) in [4.78, 5) is 0. The number of hydrogen-bond acceptors (Lipinski definition) is 4. The third kappa shape index (κ3) is 5.52. The molecule has 4 bridgehead atoms. The van der Waals surface area contributed by atoms with E-state index in [1.165, 1.54) is 88.2 Å². The fourth-order valence-electron chi connectivity index (χ4n) is 8.23. The van der Waals surface area contributed by atoms with E-state index in [9.17, 15) is 0 Å². The molecule has 4 nitrogen and oxygen atoms in total. The van der Waals surface area contributed by atoms with Gasteiger partial charge in [0.25, 0.3) is 0 Å². The third-order valence-electron chi connectivity index (χ3n) is 10.4. The second-order valence-electron chi connectivity index (χ2n) is 13.9. The Morgan fingerprint density at radius 2 is 1.41 bits per heavy atom. The average Bonchev–Trinajstić information content (AvgIpc) is 3.05. The molecule has 5 fully saturated rings. The lowest BCUT2D eigenvalue weighted by Crippen LogP contribution is -2.49. The Bertz CT molecular complexity index is 888. The molecule has 206 valence electrons. The van der Waals surface area contributed by atoms with Crippen LogP contribution in [0.25, 0.3) is 0 Å². The summed E-state index contributed by atoms with van der Waals surface area (Å²) in [5, 5.41) is 0. The first-order chi connectivity index (χ1) is 17.7. The molecule has 37 heavy (non-hydrogen) atoms. The fraction of sp³-hybridized carbons (Fsp3) is 0.812. The first-order valence-electron chi connectivity index (χ1n) is 15.3. The van der Waals surface area contributed by atoms with Gasteiger partial charge in [0.15, 0.2) is 6.79 Å². The van der Waals surface area contributed by atoms with Crippen molar-refractivity contribution in [3.05, 3.63) is 23.3 Å². The predicted octanol–water partition coefficient (Wildman–Crippen LogP) is 7.34. The summed E-state index contributed by atoms with van der Waals surface area (Å²) in [6.45, 7) is 11.1. The lowest BCUT2D eigenvalue weighted by atomic mass is 9.47. The number of methoxy groups -OCH3 is 1. The highest BCUT2D eigenvalue weighted by Gasteiger charge is 2.55. The van der Waals surface area contributed by atoms with Crippen LogP contribution in [-0.4, -0.2) is 32.2 Å². The van der Waals surface area contributed by atoms with Gasteiger partial charge in [-0.15, -0.1) is 0 Å². The lowest BCUT2D eigenvalue weighted by molar-refractivity contribution is -0.00874. The molecule has 0 atom stereocenters. The molecule has 4 saturated carbocycles. The Hall–Kier alpha value is -1.04. The summed E-state index contributed by atoms with van der Waals surface area (Å²) in [5.74, 6) is 3.62. The Morgan fingerprint density at radius 3 is 1.97 bits per heavy atom. The summed E-state index contributed by atoms with van der Waals surface area (Å²) >= 11 is 0. The highest BCUT2D eigenvalue weighted by Crippen LogP contribution is 2.62. The van der Waals surface area contributed by atoms with Crippen molar-refractivity contribution in [2.24, 2.45) is 17.8 Å². The van der Waals surface area contributed by atoms with Crippen molar-refractivity contribution in [1.29, 1.82) is 0 Å². The van der Waals surface area contributed by atoms with Crippen molar-refractivity contribution < 1.29 is 18.8 Å². The zero-order chi connectivity index (χ0) is 26.3. The van der Waals surface area contributed by atoms with Crippen LogP contribution in [0.15, 0.2) is 12.1 Å². The number of hydrogen-bond donors (Lipinski definition) is 0. The first kappa shape index (κ1) is 27.5. The highest BCUT2D eigenvalue weighted by molar-refractivity contribution is 6.63. The van der Waals surface area contributed by atoms with E-state index in [4.69, 9.17) is 18.8 Å². The Morgan fingerprint density at radius 1 is 0.838 bits per heavy atom. The molecule has 1 aromatic carbocycles. The minimum absolute atomic E-state index is 0.230. The molecule has 1 aromatic rings. The molecule has 0 amide bonds. The van der Waals surface area contributed by atoms with Gasteiger partial charge in [0, 0.05) is 18.1 Å². The highest BCUT2D eigenvalue weighted by atomic mass is 16.7. The van der Waals surface area contributed by atoms with Crippen LogP contribution in [0.2, 0.25) is 0 Å². The largest absolute Gasteiger partial charge is 0.498 e. The SMILES string of the molecule is CCCCCCCCc1cc(B2OC(C)(C)C(C)(C)O2)c(OCOC)c(C23CC4CC(CC(C4)C2)C3)c1. The monoisotopic (exact) mass is 510 g/mol. The number of aryl methyl sites for hydroxylation is 1. The zero-order valence-corrected chi connectivity index (χ0v) is 24.5. The first-order valence-corrected chi connectivity index (χ1v) is 15.3. The van der Waals surface area contributed by atoms with Crippen LogP contribution in [0.3, 0.4) is 0 Å². The Kier molecular flexibility index (Phi) is 8.07. The Labute approximate surface area is 226 Å². The Balaban J connectivity index is 1.52. The second kappa shape index (κ2) is 10.9. The van der Waals surface area contributed by atoms with Crippen molar-refractivity contribution >= 4 is 12.6 Å². The van der Waals surface area contributed by atoms with Gasteiger partial charge < -0.3 is 18.8 Å². The van der Waals surface area contributed by atoms with E-state index in [1.807, 2.05) is 0 Å². The normalized spacial score (nSPS) is 31.3. The molecule has 6 rings (SSSR count). The lowest BCUT2D eigenvalue weighted by Gasteiger charge is -2.57. The summed E-state index contributed by atoms with van der Waals surface area (Å²) in [5.41, 5.74) is 3.39. The van der Waals surface area contributed by atoms with E-state index in [-0.39, 0.29) is 23.4 Å². The molecule has 5 aliphatic rings. The van der Waals surface area contributed by atoms with Crippen LogP contribution in [-0.2, 0) is 25.9 Å². The topological polar surface area (TPSA) is 36.9 Å². The molecule has 0 spiro atoms. The molecule has 0 radical (unpaired) electrons. The van der Waals surface area contributed by atoms with Gasteiger partial charge in [-0.25, -0.2) is 0 Å². The van der Waals surface area contributed by atoms with Gasteiger partial charge >= 0.3 is 7.12 Å². The van der Waals surface area contributed by atoms with E-state index in [0.717, 1.165) is 35.4 Å². The predicted molar refractivity (Wildman–Crippen MR) is 152 cm³/mol. The van der Waals surface area contributed by atoms with E-state index in [0.29, 0.717) is 0 Å². The number of unbranched alkanes of at least 4 members (excludes halogenated alkanes) is 5. The van der Waals surface area contributed by atoms with Crippen molar-refractivity contribution in [1.82, 2.24) is 0 Å². The van der Waals surface area contributed by atoms with Crippen LogP contribution in [0, 0.1) is 17.8 Å². The van der Waals surface area contributed by atoms with E-state index < -0.39 is 7.12 Å². The maximum atomic E-state index is 6.63. The summed E-state index contributed by atoms with van der Waals surface area (Å²) in [7, 11) is 1.29. The molecule has 1 saturated heterocycles. The molecule has 5 heteroatoms. The zero-order valence-electron chi connectivity index (χ0n) is 24.5. The molecular weight excluding hydrogens is 459 g/mol. The van der Waals surface area contributed by atoms with E-state index in [2.05, 4.69) is 46.8 Å². The number of benzene rings is 1. The molecule has 0 N–H and O–H groups in total. The molecule has 4 aliphatic carbocycles. The minimum atomic E-state index is -0.422. The quantitative estimate of drug-likeness (QED) is 0.168. The number of ether oxygens (including phenoxy) is 2. The molecule has 1 heterocycles. The minimum Gasteiger partial charge on any atom is -0.468 e. The van der Waals surface area contributed by atoms with Gasteiger partial charge in [0.2, 0.25) is 0 Å². The van der Waals surface area contributed by atoms with Crippen molar-refractivity contribution in [3.63, 3.8) is 0 Å². The fourth-order valence-corrected chi connectivity index (χ4v) is 8.23. The van der Waals surface area contributed by atoms with Crippen LogP contribution in [0.5, 0.6) is 5.75 Å². The summed E-state index contributed by atoms with van der Waals surface area (Å²) in [6, 6.07) is 4.86. The van der Waals surface area contributed by atoms with Crippen molar-refractivity contribution in [3.8, 4) is 5.75 Å². The van der Waals surface area contributed by atoms with Gasteiger partial charge in [0.05, 0.1) is 11.2 Å². The van der Waals surface area contributed by atoms with Gasteiger partial charge in [-0.1, -0.05) is 51.2 Å². The summed E-state index contributed by atoms with van der Waals surface area (Å²) < 4.78 is 25.2. The van der Waals surface area contributed by atoms with Gasteiger partial charge in [-0.3, -0.25) is 0 Å². The van der Waals surface area contributed by atoms with Crippen LogP contribution < -0.4 is 10.2 Å². The molecule has 0 aromatic heterocycles. The van der Waals surface area contributed by atoms with Gasteiger partial charge in [0.1, 0.15) is 5.75 Å². The van der Waals surface area contributed by atoms with Gasteiger partial charge in [-0.05, 0) is 108 Å². The van der Waals surface area contributed by atoms with E-state index in [1.54, 1.807) is 7.11 Å². The van der Waals surface area contributed by atoms with Crippen LogP contribution in [0.1, 0.15) is 123 Å². The van der Waals surface area contributed by atoms with Crippen LogP contribution in [0.4, 0.5) is 0 Å². The van der Waals surface area contributed by atoms with E-state index >= 15 is 0 Å². The van der Waals surface area contributed by atoms with Crippen molar-refractivity contribution in [2.45, 2.75) is 135 Å². The maximum absolute atomic E-state index is 6.63. The second-order valence-corrected chi connectivity index (χ2v) is 13.9. The standard InChI is InChI=1S/C32H51BO4/c1-7-8-9-10-11-12-13-23-17-27(32-19-24-14-25(20-32)16-26(15-24)21-32)29(35-22-34-6)28(18-23)33-36-30(2,3)31(4,5)37-33/h17-18,24-26H,7-16,19-22H2,1-6H3.